The van der Waals surface area contributed by atoms with Crippen LogP contribution in [0.3, 0.4) is 0 Å². The van der Waals surface area contributed by atoms with Gasteiger partial charge in [0, 0.05) is 17.7 Å². The van der Waals surface area contributed by atoms with Gasteiger partial charge in [-0.1, -0.05) is 12.1 Å². The molecule has 16 heteroatoms. The minimum atomic E-state index is -5.27. The van der Waals surface area contributed by atoms with Gasteiger partial charge < -0.3 is 20.5 Å². The zero-order valence-corrected chi connectivity index (χ0v) is 27.6. The number of halogens is 3. The van der Waals surface area contributed by atoms with Crippen LogP contribution in [0.5, 0.6) is 5.75 Å². The maximum absolute atomic E-state index is 13.6. The summed E-state index contributed by atoms with van der Waals surface area (Å²) in [5.41, 5.74) is 3.35. The number of rotatable bonds is 9. The van der Waals surface area contributed by atoms with Gasteiger partial charge in [0.2, 0.25) is 5.95 Å². The highest BCUT2D eigenvalue weighted by molar-refractivity contribution is 5.99. The molecule has 4 N–H and O–H groups in total. The fourth-order valence-corrected chi connectivity index (χ4v) is 4.53. The van der Waals surface area contributed by atoms with Crippen molar-refractivity contribution in [2.75, 3.05) is 10.6 Å². The molecule has 49 heavy (non-hydrogen) atoms. The number of aromatic amines is 1. The molecule has 0 aliphatic carbocycles. The number of esters is 1. The Labute approximate surface area is 279 Å². The normalized spacial score (nSPS) is 12.7. The Kier molecular flexibility index (Phi) is 10.3. The minimum absolute atomic E-state index is 0.00802. The zero-order valence-electron chi connectivity index (χ0n) is 27.6. The number of aromatic nitrogens is 4. The van der Waals surface area contributed by atoms with E-state index >= 15 is 0 Å². The molecule has 0 spiro atoms. The number of fused-ring (bicyclic) bond motifs is 1. The van der Waals surface area contributed by atoms with Gasteiger partial charge in [0.15, 0.2) is 11.2 Å². The summed E-state index contributed by atoms with van der Waals surface area (Å²) in [4.78, 5) is 65.5. The first kappa shape index (κ1) is 36.3. The molecule has 0 bridgehead atoms. The van der Waals surface area contributed by atoms with E-state index in [0.29, 0.717) is 16.2 Å². The first-order valence-electron chi connectivity index (χ1n) is 15.0. The molecular formula is C33H36F3N7O6. The number of nitrogen functional groups attached to an aromatic ring is 1. The third-order valence-corrected chi connectivity index (χ3v) is 6.52. The summed E-state index contributed by atoms with van der Waals surface area (Å²) in [5, 5.41) is 2.65. The number of hydrogen-bond acceptors (Lipinski definition) is 10. The van der Waals surface area contributed by atoms with Crippen LogP contribution < -0.4 is 26.2 Å². The second-order valence-electron chi connectivity index (χ2n) is 13.0. The lowest BCUT2D eigenvalue weighted by atomic mass is 10.1. The van der Waals surface area contributed by atoms with Gasteiger partial charge >= 0.3 is 18.1 Å². The van der Waals surface area contributed by atoms with Gasteiger partial charge in [0.05, 0.1) is 18.4 Å². The second-order valence-corrected chi connectivity index (χ2v) is 13.0. The van der Waals surface area contributed by atoms with Gasteiger partial charge in [-0.15, -0.1) is 0 Å². The smallest absolute Gasteiger partial charge is 0.471 e. The zero-order chi connectivity index (χ0) is 36.3. The molecule has 13 nitrogen and oxygen atoms in total. The summed E-state index contributed by atoms with van der Waals surface area (Å²) in [6.45, 7) is 10.1. The molecule has 2 aromatic carbocycles. The Morgan fingerprint density at radius 1 is 0.939 bits per heavy atom. The van der Waals surface area contributed by atoms with Crippen molar-refractivity contribution < 1.29 is 37.0 Å². The molecule has 0 fully saturated rings. The molecule has 0 aliphatic rings. The number of anilines is 2. The highest BCUT2D eigenvalue weighted by Gasteiger charge is 2.43. The highest BCUT2D eigenvalue weighted by Crippen LogP contribution is 2.26. The number of benzene rings is 2. The van der Waals surface area contributed by atoms with Gasteiger partial charge in [-0.3, -0.25) is 24.3 Å². The lowest BCUT2D eigenvalue weighted by Gasteiger charge is -2.25. The Bertz CT molecular complexity index is 1900. The van der Waals surface area contributed by atoms with E-state index in [1.54, 1.807) is 45.0 Å². The van der Waals surface area contributed by atoms with Crippen molar-refractivity contribution >= 4 is 40.6 Å². The number of hydrogen-bond donors (Lipinski definition) is 3. The van der Waals surface area contributed by atoms with Crippen molar-refractivity contribution in [1.82, 2.24) is 25.3 Å². The second kappa shape index (κ2) is 13.9. The number of H-pyrrole nitrogens is 1. The summed E-state index contributed by atoms with van der Waals surface area (Å²) in [7, 11) is 0. The topological polar surface area (TPSA) is 182 Å². The van der Waals surface area contributed by atoms with E-state index in [2.05, 4.69) is 25.3 Å². The van der Waals surface area contributed by atoms with Crippen molar-refractivity contribution in [3.8, 4) is 5.75 Å². The predicted molar refractivity (Wildman–Crippen MR) is 174 cm³/mol. The molecule has 0 radical (unpaired) electrons. The molecule has 2 heterocycles. The lowest BCUT2D eigenvalue weighted by molar-refractivity contribution is -0.170. The number of nitrogens with zero attached hydrogens (tertiary/aromatic N) is 4. The summed E-state index contributed by atoms with van der Waals surface area (Å²) < 4.78 is 52.3. The Morgan fingerprint density at radius 3 is 2.14 bits per heavy atom. The Morgan fingerprint density at radius 2 is 1.57 bits per heavy atom. The highest BCUT2D eigenvalue weighted by atomic mass is 19.4. The molecule has 1 atom stereocenters. The molecular weight excluding hydrogens is 656 g/mol. The molecule has 4 rings (SSSR count). The van der Waals surface area contributed by atoms with Gasteiger partial charge in [-0.05, 0) is 83.5 Å². The maximum atomic E-state index is 13.6. The largest absolute Gasteiger partial charge is 0.488 e. The number of carbonyl (C=O) groups excluding carboxylic acids is 3. The number of carbonyl (C=O) groups is 3. The van der Waals surface area contributed by atoms with Gasteiger partial charge in [0.25, 0.3) is 11.5 Å². The third kappa shape index (κ3) is 9.98. The molecule has 2 amide bonds. The van der Waals surface area contributed by atoms with E-state index in [1.165, 1.54) is 12.1 Å². The monoisotopic (exact) mass is 692 g/mol. The van der Waals surface area contributed by atoms with Crippen molar-refractivity contribution in [1.29, 1.82) is 0 Å². The third-order valence-electron chi connectivity index (χ3n) is 6.52. The summed E-state index contributed by atoms with van der Waals surface area (Å²) in [5.74, 6) is -3.23. The van der Waals surface area contributed by atoms with Crippen LogP contribution in [0.4, 0.5) is 24.8 Å². The number of amides is 2. The Balaban J connectivity index is 1.57. The van der Waals surface area contributed by atoms with Crippen LogP contribution in [0.2, 0.25) is 0 Å². The molecule has 0 saturated heterocycles. The minimum Gasteiger partial charge on any atom is -0.488 e. The van der Waals surface area contributed by atoms with Crippen LogP contribution in [0.25, 0.3) is 11.2 Å². The number of alkyl halides is 3. The summed E-state index contributed by atoms with van der Waals surface area (Å²) >= 11 is 0. The van der Waals surface area contributed by atoms with Crippen LogP contribution >= 0.6 is 0 Å². The first-order valence-corrected chi connectivity index (χ1v) is 15.0. The molecule has 4 aromatic rings. The fraction of sp³-hybridized carbons (Fsp3) is 0.364. The first-order chi connectivity index (χ1) is 22.7. The quantitative estimate of drug-likeness (QED) is 0.169. The maximum Gasteiger partial charge on any atom is 0.471 e. The number of nitrogens with two attached hydrogens (primary N) is 1. The summed E-state index contributed by atoms with van der Waals surface area (Å²) in [6.07, 6.45) is -4.14. The van der Waals surface area contributed by atoms with E-state index in [-0.39, 0.29) is 40.5 Å². The standard InChI is InChI=1S/C33H36F3N7O6/c1-31(2,3)48-22-13-7-18(8-14-22)15-23(28(46)49-32(4,5)6)40-26(44)19-9-11-21(12-10-19)43(29(47)33(34,35)36)17-20-16-38-25-24(39-20)27(45)42-30(37)41-25/h7-14,16,23H,15,17H2,1-6H3,(H,40,44)(H3,37,38,41,42,45)/t23-/m0/s1/i7+1,8+1,13+1,14+1,15+1,18+1,22+1,23+1,28+1. The average molecular weight is 693 g/mol. The number of nitrogens with one attached hydrogen (secondary N) is 2. The Hall–Kier alpha value is -5.54. The van der Waals surface area contributed by atoms with Crippen molar-refractivity contribution in [3.05, 3.63) is 81.9 Å². The van der Waals surface area contributed by atoms with E-state index in [9.17, 15) is 32.3 Å². The van der Waals surface area contributed by atoms with Crippen molar-refractivity contribution in [3.63, 3.8) is 0 Å². The molecule has 0 unspecified atom stereocenters. The van der Waals surface area contributed by atoms with Crippen LogP contribution in [-0.4, -0.2) is 61.1 Å². The molecule has 2 aromatic heterocycles. The molecule has 0 aliphatic heterocycles. The van der Waals surface area contributed by atoms with Gasteiger partial charge in [-0.25, -0.2) is 14.8 Å². The molecule has 0 saturated carbocycles. The van der Waals surface area contributed by atoms with Crippen LogP contribution in [0.1, 0.15) is 63.2 Å². The SMILES string of the molecule is CC(C)(C)O[13C](=O)[13C@H]([13CH2][13c]1[13cH][13cH][13c](OC(C)(C)C)[13cH][13cH]1)NC(=O)c1ccc(N(Cc2cnc3nc(N)[nH]c(=O)c3n2)C(=O)C(F)(F)F)cc1. The van der Waals surface area contributed by atoms with Gasteiger partial charge in [-0.2, -0.15) is 18.2 Å². The van der Waals surface area contributed by atoms with E-state index < -0.39 is 53.3 Å². The fourth-order valence-electron chi connectivity index (χ4n) is 4.53. The van der Waals surface area contributed by atoms with Crippen molar-refractivity contribution in [2.45, 2.75) is 77.9 Å². The van der Waals surface area contributed by atoms with E-state index in [4.69, 9.17) is 15.2 Å². The lowest BCUT2D eigenvalue weighted by Crippen LogP contribution is -2.45. The van der Waals surface area contributed by atoms with Crippen LogP contribution in [0.15, 0.2) is 59.5 Å². The summed E-state index contributed by atoms with van der Waals surface area (Å²) in [6, 6.07) is 10.6. The predicted octanol–water partition coefficient (Wildman–Crippen LogP) is 4.25. The number of ether oxygens (including phenoxy) is 2. The van der Waals surface area contributed by atoms with Gasteiger partial charge in [0.1, 0.15) is 23.0 Å². The molecule has 260 valence electrons. The van der Waals surface area contributed by atoms with Crippen LogP contribution in [-0.2, 0) is 27.3 Å². The van der Waals surface area contributed by atoms with Crippen molar-refractivity contribution in [2.24, 2.45) is 0 Å². The van der Waals surface area contributed by atoms with E-state index in [1.807, 2.05) is 20.8 Å². The van der Waals surface area contributed by atoms with E-state index in [0.717, 1.165) is 18.3 Å². The average Bonchev–Trinajstić information content (AvgIpc) is 2.98. The van der Waals surface area contributed by atoms with Crippen LogP contribution in [0, 0.1) is 0 Å².